The van der Waals surface area contributed by atoms with E-state index in [-0.39, 0.29) is 18.9 Å². The summed E-state index contributed by atoms with van der Waals surface area (Å²) in [5.74, 6) is 0. The zero-order valence-corrected chi connectivity index (χ0v) is 10.4. The van der Waals surface area contributed by atoms with Crippen molar-refractivity contribution < 1.29 is 13.2 Å². The molecule has 1 aromatic carbocycles. The average Bonchev–Trinajstić information content (AvgIpc) is 3.08. The van der Waals surface area contributed by atoms with E-state index >= 15 is 0 Å². The van der Waals surface area contributed by atoms with Gasteiger partial charge in [-0.2, -0.15) is 13.2 Å². The minimum absolute atomic E-state index is 0.116. The van der Waals surface area contributed by atoms with Crippen LogP contribution in [-0.2, 0) is 6.42 Å². The Hall–Kier alpha value is -1.03. The van der Waals surface area contributed by atoms with E-state index in [4.69, 9.17) is 0 Å². The first-order chi connectivity index (χ1) is 8.43. The summed E-state index contributed by atoms with van der Waals surface area (Å²) in [5, 5.41) is 2.75. The molecule has 1 atom stereocenters. The zero-order chi connectivity index (χ0) is 13.2. The normalized spacial score (nSPS) is 19.6. The molecular formula is C14H18F3N. The highest BCUT2D eigenvalue weighted by Gasteiger charge is 2.63. The number of aryl methyl sites for hydroxylation is 1. The second-order valence-corrected chi connectivity index (χ2v) is 5.15. The SMILES string of the molecule is CC(CCc1ccccc1)NC1(C(F)(F)F)CC1. The third-order valence-corrected chi connectivity index (χ3v) is 3.52. The van der Waals surface area contributed by atoms with Gasteiger partial charge in [-0.15, -0.1) is 0 Å². The molecule has 4 heteroatoms. The van der Waals surface area contributed by atoms with Gasteiger partial charge in [0.05, 0.1) is 0 Å². The lowest BCUT2D eigenvalue weighted by molar-refractivity contribution is -0.167. The first-order valence-corrected chi connectivity index (χ1v) is 6.31. The molecule has 0 saturated heterocycles. The quantitative estimate of drug-likeness (QED) is 0.848. The third-order valence-electron chi connectivity index (χ3n) is 3.52. The van der Waals surface area contributed by atoms with Crippen molar-refractivity contribution in [2.45, 2.75) is 50.4 Å². The highest BCUT2D eigenvalue weighted by molar-refractivity contribution is 5.15. The third kappa shape index (κ3) is 3.05. The second-order valence-electron chi connectivity index (χ2n) is 5.15. The fraction of sp³-hybridized carbons (Fsp3) is 0.571. The number of nitrogens with one attached hydrogen (secondary N) is 1. The van der Waals surface area contributed by atoms with Gasteiger partial charge in [0, 0.05) is 6.04 Å². The molecule has 0 radical (unpaired) electrons. The maximum atomic E-state index is 12.8. The number of rotatable bonds is 5. The second kappa shape index (κ2) is 4.92. The maximum Gasteiger partial charge on any atom is 0.406 e. The molecule has 1 aliphatic rings. The molecule has 100 valence electrons. The predicted molar refractivity (Wildman–Crippen MR) is 65.4 cm³/mol. The van der Waals surface area contributed by atoms with Crippen LogP contribution in [0.2, 0.25) is 0 Å². The van der Waals surface area contributed by atoms with Crippen molar-refractivity contribution in [1.29, 1.82) is 0 Å². The molecule has 1 aromatic rings. The Morgan fingerprint density at radius 2 is 1.83 bits per heavy atom. The van der Waals surface area contributed by atoms with Crippen LogP contribution in [0.4, 0.5) is 13.2 Å². The van der Waals surface area contributed by atoms with Gasteiger partial charge in [0.15, 0.2) is 0 Å². The van der Waals surface area contributed by atoms with Crippen LogP contribution in [0.5, 0.6) is 0 Å². The van der Waals surface area contributed by atoms with Gasteiger partial charge >= 0.3 is 6.18 Å². The van der Waals surface area contributed by atoms with Crippen LogP contribution in [-0.4, -0.2) is 17.8 Å². The van der Waals surface area contributed by atoms with Gasteiger partial charge in [-0.05, 0) is 38.2 Å². The lowest BCUT2D eigenvalue weighted by Crippen LogP contribution is -2.48. The summed E-state index contributed by atoms with van der Waals surface area (Å²) in [6.07, 6.45) is -2.16. The highest BCUT2D eigenvalue weighted by atomic mass is 19.4. The Balaban J connectivity index is 1.81. The summed E-state index contributed by atoms with van der Waals surface area (Å²) in [6, 6.07) is 9.73. The number of alkyl halides is 3. The van der Waals surface area contributed by atoms with Crippen LogP contribution in [0.3, 0.4) is 0 Å². The molecule has 1 fully saturated rings. The molecule has 1 nitrogen and oxygen atoms in total. The summed E-state index contributed by atoms with van der Waals surface area (Å²) in [5.41, 5.74) is -0.425. The van der Waals surface area contributed by atoms with E-state index in [2.05, 4.69) is 5.32 Å². The van der Waals surface area contributed by atoms with Crippen molar-refractivity contribution in [3.05, 3.63) is 35.9 Å². The fourth-order valence-electron chi connectivity index (χ4n) is 2.21. The highest BCUT2D eigenvalue weighted by Crippen LogP contribution is 2.49. The van der Waals surface area contributed by atoms with E-state index in [0.717, 1.165) is 12.8 Å². The van der Waals surface area contributed by atoms with Gasteiger partial charge in [-0.25, -0.2) is 0 Å². The Labute approximate surface area is 105 Å². The summed E-state index contributed by atoms with van der Waals surface area (Å²) < 4.78 is 38.3. The van der Waals surface area contributed by atoms with Gasteiger partial charge in [0.1, 0.15) is 5.54 Å². The lowest BCUT2D eigenvalue weighted by Gasteiger charge is -2.25. The van der Waals surface area contributed by atoms with Crippen LogP contribution in [0.15, 0.2) is 30.3 Å². The molecule has 1 N–H and O–H groups in total. The van der Waals surface area contributed by atoms with Crippen molar-refractivity contribution in [2.24, 2.45) is 0 Å². The molecule has 0 aromatic heterocycles. The first-order valence-electron chi connectivity index (χ1n) is 6.31. The molecule has 2 rings (SSSR count). The van der Waals surface area contributed by atoms with Crippen molar-refractivity contribution in [3.8, 4) is 0 Å². The standard InChI is InChI=1S/C14H18F3N/c1-11(7-8-12-5-3-2-4-6-12)18-13(9-10-13)14(15,16)17/h2-6,11,18H,7-10H2,1H3. The molecule has 0 heterocycles. The maximum absolute atomic E-state index is 12.8. The van der Waals surface area contributed by atoms with E-state index < -0.39 is 11.7 Å². The smallest absolute Gasteiger partial charge is 0.301 e. The van der Waals surface area contributed by atoms with E-state index in [9.17, 15) is 13.2 Å². The summed E-state index contributed by atoms with van der Waals surface area (Å²) in [7, 11) is 0. The lowest BCUT2D eigenvalue weighted by atomic mass is 10.1. The van der Waals surface area contributed by atoms with Crippen LogP contribution < -0.4 is 5.32 Å². The van der Waals surface area contributed by atoms with Crippen LogP contribution in [0, 0.1) is 0 Å². The van der Waals surface area contributed by atoms with E-state index in [0.29, 0.717) is 0 Å². The van der Waals surface area contributed by atoms with E-state index in [1.54, 1.807) is 0 Å². The molecule has 1 aliphatic carbocycles. The molecule has 0 aliphatic heterocycles. The zero-order valence-electron chi connectivity index (χ0n) is 10.4. The van der Waals surface area contributed by atoms with E-state index in [1.165, 1.54) is 5.56 Å². The molecule has 18 heavy (non-hydrogen) atoms. The van der Waals surface area contributed by atoms with Gasteiger partial charge in [0.25, 0.3) is 0 Å². The van der Waals surface area contributed by atoms with Crippen molar-refractivity contribution >= 4 is 0 Å². The predicted octanol–water partition coefficient (Wildman–Crippen LogP) is 3.69. The van der Waals surface area contributed by atoms with Crippen molar-refractivity contribution in [2.75, 3.05) is 0 Å². The number of halogens is 3. The largest absolute Gasteiger partial charge is 0.406 e. The minimum atomic E-state index is -4.12. The monoisotopic (exact) mass is 257 g/mol. The minimum Gasteiger partial charge on any atom is -0.301 e. The summed E-state index contributed by atoms with van der Waals surface area (Å²) in [6.45, 7) is 1.83. The van der Waals surface area contributed by atoms with Crippen LogP contribution in [0.1, 0.15) is 31.7 Å². The molecular weight excluding hydrogens is 239 g/mol. The van der Waals surface area contributed by atoms with Crippen LogP contribution >= 0.6 is 0 Å². The van der Waals surface area contributed by atoms with Gasteiger partial charge in [-0.1, -0.05) is 30.3 Å². The average molecular weight is 257 g/mol. The Morgan fingerprint density at radius 1 is 1.22 bits per heavy atom. The topological polar surface area (TPSA) is 12.0 Å². The van der Waals surface area contributed by atoms with Gasteiger partial charge < -0.3 is 5.32 Å². The van der Waals surface area contributed by atoms with Gasteiger partial charge in [0.2, 0.25) is 0 Å². The van der Waals surface area contributed by atoms with E-state index in [1.807, 2.05) is 37.3 Å². The first kappa shape index (κ1) is 13.4. The number of hydrogen-bond acceptors (Lipinski definition) is 1. The summed E-state index contributed by atoms with van der Waals surface area (Å²) in [4.78, 5) is 0. The van der Waals surface area contributed by atoms with Crippen LogP contribution in [0.25, 0.3) is 0 Å². The number of hydrogen-bond donors (Lipinski definition) is 1. The number of benzene rings is 1. The van der Waals surface area contributed by atoms with Crippen molar-refractivity contribution in [1.82, 2.24) is 5.32 Å². The Kier molecular flexibility index (Phi) is 3.66. The molecule has 1 saturated carbocycles. The summed E-state index contributed by atoms with van der Waals surface area (Å²) >= 11 is 0. The molecule has 0 amide bonds. The Bertz CT molecular complexity index is 382. The Morgan fingerprint density at radius 3 is 2.33 bits per heavy atom. The fourth-order valence-corrected chi connectivity index (χ4v) is 2.21. The molecule has 0 bridgehead atoms. The molecule has 0 spiro atoms. The molecule has 1 unspecified atom stereocenters. The van der Waals surface area contributed by atoms with Gasteiger partial charge in [-0.3, -0.25) is 0 Å². The van der Waals surface area contributed by atoms with Crippen molar-refractivity contribution in [3.63, 3.8) is 0 Å².